The summed E-state index contributed by atoms with van der Waals surface area (Å²) < 4.78 is 0. The van der Waals surface area contributed by atoms with Crippen LogP contribution >= 0.6 is 11.8 Å². The number of carboxylic acid groups (broad SMARTS) is 1. The average Bonchev–Trinajstić information content (AvgIpc) is 2.27. The van der Waals surface area contributed by atoms with Gasteiger partial charge in [-0.3, -0.25) is 0 Å². The van der Waals surface area contributed by atoms with E-state index in [1.807, 2.05) is 6.26 Å². The predicted octanol–water partition coefficient (Wildman–Crippen LogP) is 0.887. The number of hydrogen-bond donors (Lipinski definition) is 3. The van der Waals surface area contributed by atoms with Crippen LogP contribution in [0.15, 0.2) is 29.2 Å². The second kappa shape index (κ2) is 5.16. The first-order valence-corrected chi connectivity index (χ1v) is 5.51. The summed E-state index contributed by atoms with van der Waals surface area (Å²) >= 11 is 1.54. The molecule has 4 nitrogen and oxygen atoms in total. The third kappa shape index (κ3) is 2.95. The summed E-state index contributed by atoms with van der Waals surface area (Å²) in [5.41, 5.74) is 0.391. The van der Waals surface area contributed by atoms with E-state index in [-0.39, 0.29) is 0 Å². The van der Waals surface area contributed by atoms with Crippen molar-refractivity contribution in [3.63, 3.8) is 0 Å². The van der Waals surface area contributed by atoms with Gasteiger partial charge >= 0.3 is 5.97 Å². The molecule has 0 amide bonds. The number of aliphatic carboxylic acids is 1. The summed E-state index contributed by atoms with van der Waals surface area (Å²) in [6.45, 7) is 0. The van der Waals surface area contributed by atoms with Crippen molar-refractivity contribution in [1.82, 2.24) is 0 Å². The van der Waals surface area contributed by atoms with E-state index >= 15 is 0 Å². The Kier molecular flexibility index (Phi) is 4.14. The van der Waals surface area contributed by atoms with Crippen molar-refractivity contribution in [2.45, 2.75) is 17.1 Å². The van der Waals surface area contributed by atoms with Gasteiger partial charge in [0.2, 0.25) is 0 Å². The Morgan fingerprint density at radius 1 is 1.27 bits per heavy atom. The summed E-state index contributed by atoms with van der Waals surface area (Å²) in [5, 5.41) is 27.1. The molecular weight excluding hydrogens is 216 g/mol. The minimum atomic E-state index is -1.79. The number of aliphatic hydroxyl groups excluding tert-OH is 2. The van der Waals surface area contributed by atoms with E-state index in [1.165, 1.54) is 0 Å². The molecular formula is C10H12O4S. The van der Waals surface area contributed by atoms with Crippen molar-refractivity contribution in [1.29, 1.82) is 0 Å². The van der Waals surface area contributed by atoms with E-state index in [9.17, 15) is 9.90 Å². The van der Waals surface area contributed by atoms with Crippen molar-refractivity contribution in [2.75, 3.05) is 6.26 Å². The fourth-order valence-electron chi connectivity index (χ4n) is 1.12. The van der Waals surface area contributed by atoms with Gasteiger partial charge in [-0.1, -0.05) is 12.1 Å². The van der Waals surface area contributed by atoms with Gasteiger partial charge in [-0.15, -0.1) is 11.8 Å². The van der Waals surface area contributed by atoms with E-state index in [1.54, 1.807) is 36.0 Å². The lowest BCUT2D eigenvalue weighted by molar-refractivity contribution is -0.153. The van der Waals surface area contributed by atoms with Crippen molar-refractivity contribution in [2.24, 2.45) is 0 Å². The van der Waals surface area contributed by atoms with Crippen LogP contribution in [0.1, 0.15) is 11.7 Å². The Bertz CT molecular complexity index is 336. The van der Waals surface area contributed by atoms with Crippen LogP contribution in [-0.4, -0.2) is 33.6 Å². The summed E-state index contributed by atoms with van der Waals surface area (Å²) in [5.74, 6) is -1.43. The molecule has 2 atom stereocenters. The molecule has 0 spiro atoms. The van der Waals surface area contributed by atoms with Crippen LogP contribution in [0.5, 0.6) is 0 Å². The van der Waals surface area contributed by atoms with Gasteiger partial charge in [0.05, 0.1) is 0 Å². The third-order valence-corrected chi connectivity index (χ3v) is 2.75. The lowest BCUT2D eigenvalue weighted by atomic mass is 10.0. The van der Waals surface area contributed by atoms with Gasteiger partial charge in [-0.05, 0) is 24.0 Å². The van der Waals surface area contributed by atoms with Crippen LogP contribution in [0, 0.1) is 0 Å². The Labute approximate surface area is 91.6 Å². The molecule has 1 rings (SSSR count). The number of carbonyl (C=O) groups is 1. The molecule has 2 unspecified atom stereocenters. The predicted molar refractivity (Wildman–Crippen MR) is 56.8 cm³/mol. The Hall–Kier alpha value is -1.04. The van der Waals surface area contributed by atoms with Crippen LogP contribution in [0.4, 0.5) is 0 Å². The minimum absolute atomic E-state index is 0.391. The van der Waals surface area contributed by atoms with Crippen molar-refractivity contribution >= 4 is 17.7 Å². The average molecular weight is 228 g/mol. The van der Waals surface area contributed by atoms with Crippen LogP contribution in [0.25, 0.3) is 0 Å². The maximum absolute atomic E-state index is 10.4. The summed E-state index contributed by atoms with van der Waals surface area (Å²) in [7, 11) is 0. The van der Waals surface area contributed by atoms with Gasteiger partial charge < -0.3 is 15.3 Å². The number of hydrogen-bond acceptors (Lipinski definition) is 4. The summed E-state index contributed by atoms with van der Waals surface area (Å²) in [4.78, 5) is 11.4. The number of carboxylic acids is 1. The lowest BCUT2D eigenvalue weighted by Gasteiger charge is -2.14. The zero-order valence-corrected chi connectivity index (χ0v) is 8.94. The van der Waals surface area contributed by atoms with Crippen molar-refractivity contribution in [3.8, 4) is 0 Å². The highest BCUT2D eigenvalue weighted by Crippen LogP contribution is 2.21. The van der Waals surface area contributed by atoms with E-state index < -0.39 is 18.2 Å². The molecule has 3 N–H and O–H groups in total. The number of rotatable bonds is 4. The van der Waals surface area contributed by atoms with Crippen molar-refractivity contribution in [3.05, 3.63) is 29.8 Å². The Morgan fingerprint density at radius 2 is 1.80 bits per heavy atom. The number of thioether (sulfide) groups is 1. The molecule has 0 fully saturated rings. The first kappa shape index (κ1) is 12.0. The standard InChI is InChI=1S/C10H12O4S/c1-15-7-4-2-6(3-5-7)8(11)9(12)10(13)14/h2-5,8-9,11-12H,1H3,(H,13,14). The first-order valence-electron chi connectivity index (χ1n) is 4.29. The number of aliphatic hydroxyl groups is 2. The van der Waals surface area contributed by atoms with Gasteiger partial charge in [0, 0.05) is 4.90 Å². The van der Waals surface area contributed by atoms with Crippen LogP contribution in [-0.2, 0) is 4.79 Å². The van der Waals surface area contributed by atoms with Gasteiger partial charge in [-0.2, -0.15) is 0 Å². The Balaban J connectivity index is 2.82. The van der Waals surface area contributed by atoms with E-state index in [4.69, 9.17) is 10.2 Å². The zero-order chi connectivity index (χ0) is 11.4. The molecule has 0 saturated carbocycles. The quantitative estimate of drug-likeness (QED) is 0.667. The highest BCUT2D eigenvalue weighted by Gasteiger charge is 2.24. The lowest BCUT2D eigenvalue weighted by Crippen LogP contribution is -2.27. The maximum atomic E-state index is 10.4. The first-order chi connectivity index (χ1) is 7.06. The molecule has 0 bridgehead atoms. The second-order valence-corrected chi connectivity index (χ2v) is 3.88. The molecule has 0 heterocycles. The molecule has 0 saturated heterocycles. The Morgan fingerprint density at radius 3 is 2.20 bits per heavy atom. The molecule has 82 valence electrons. The van der Waals surface area contributed by atoms with E-state index in [2.05, 4.69) is 0 Å². The molecule has 0 aliphatic carbocycles. The van der Waals surface area contributed by atoms with Crippen molar-refractivity contribution < 1.29 is 20.1 Å². The SMILES string of the molecule is CSc1ccc(C(O)C(O)C(=O)O)cc1. The maximum Gasteiger partial charge on any atom is 0.335 e. The molecule has 0 aliphatic heterocycles. The topological polar surface area (TPSA) is 77.8 Å². The summed E-state index contributed by atoms with van der Waals surface area (Å²) in [6.07, 6.45) is -1.26. The van der Waals surface area contributed by atoms with Crippen LogP contribution in [0.2, 0.25) is 0 Å². The number of benzene rings is 1. The smallest absolute Gasteiger partial charge is 0.335 e. The molecule has 1 aromatic carbocycles. The fraction of sp³-hybridized carbons (Fsp3) is 0.300. The fourth-order valence-corrected chi connectivity index (χ4v) is 1.53. The largest absolute Gasteiger partial charge is 0.479 e. The van der Waals surface area contributed by atoms with Gasteiger partial charge in [-0.25, -0.2) is 4.79 Å². The minimum Gasteiger partial charge on any atom is -0.479 e. The van der Waals surface area contributed by atoms with Gasteiger partial charge in [0.15, 0.2) is 6.10 Å². The van der Waals surface area contributed by atoms with Crippen LogP contribution < -0.4 is 0 Å². The third-order valence-electron chi connectivity index (χ3n) is 2.01. The highest BCUT2D eigenvalue weighted by molar-refractivity contribution is 7.98. The van der Waals surface area contributed by atoms with E-state index in [0.717, 1.165) is 4.90 Å². The second-order valence-electron chi connectivity index (χ2n) is 3.00. The summed E-state index contributed by atoms with van der Waals surface area (Å²) in [6, 6.07) is 6.72. The molecule has 1 aromatic rings. The van der Waals surface area contributed by atoms with E-state index in [0.29, 0.717) is 5.56 Å². The molecule has 5 heteroatoms. The molecule has 0 aliphatic rings. The zero-order valence-electron chi connectivity index (χ0n) is 8.12. The highest BCUT2D eigenvalue weighted by atomic mass is 32.2. The van der Waals surface area contributed by atoms with Gasteiger partial charge in [0.25, 0.3) is 0 Å². The molecule has 0 radical (unpaired) electrons. The van der Waals surface area contributed by atoms with Crippen LogP contribution in [0.3, 0.4) is 0 Å². The molecule has 15 heavy (non-hydrogen) atoms. The monoisotopic (exact) mass is 228 g/mol. The van der Waals surface area contributed by atoms with Gasteiger partial charge in [0.1, 0.15) is 6.10 Å². The molecule has 0 aromatic heterocycles. The normalized spacial score (nSPS) is 14.6.